The van der Waals surface area contributed by atoms with Crippen molar-refractivity contribution in [2.75, 3.05) is 26.6 Å². The Labute approximate surface area is 111 Å². The average Bonchev–Trinajstić information content (AvgIpc) is 2.38. The van der Waals surface area contributed by atoms with E-state index in [1.54, 1.807) is 0 Å². The van der Waals surface area contributed by atoms with Crippen molar-refractivity contribution < 1.29 is 27.8 Å². The van der Waals surface area contributed by atoms with Crippen molar-refractivity contribution >= 4 is 15.8 Å². The maximum absolute atomic E-state index is 12.1. The lowest BCUT2D eigenvalue weighted by Gasteiger charge is -2.10. The highest BCUT2D eigenvalue weighted by molar-refractivity contribution is 7.91. The molecule has 0 fully saturated rings. The molecule has 0 radical (unpaired) electrons. The summed E-state index contributed by atoms with van der Waals surface area (Å²) >= 11 is 0. The van der Waals surface area contributed by atoms with Gasteiger partial charge in [-0.3, -0.25) is 0 Å². The van der Waals surface area contributed by atoms with Crippen LogP contribution in [0.4, 0.5) is 0 Å². The second-order valence-corrected chi connectivity index (χ2v) is 5.91. The quantitative estimate of drug-likeness (QED) is 0.758. The number of methoxy groups -OCH3 is 2. The summed E-state index contributed by atoms with van der Waals surface area (Å²) in [5.74, 6) is -1.17. The van der Waals surface area contributed by atoms with E-state index in [9.17, 15) is 13.2 Å². The van der Waals surface area contributed by atoms with Crippen molar-refractivity contribution in [2.24, 2.45) is 0 Å². The van der Waals surface area contributed by atoms with E-state index in [1.165, 1.54) is 26.4 Å². The van der Waals surface area contributed by atoms with E-state index in [0.717, 1.165) is 6.07 Å². The van der Waals surface area contributed by atoms with Crippen molar-refractivity contribution in [2.45, 2.75) is 11.3 Å². The molecule has 0 bridgehead atoms. The minimum Gasteiger partial charge on any atom is -0.495 e. The minimum absolute atomic E-state index is 0.0916. The standard InChI is InChI=1S/C12H16O6S/c1-17-6-3-7-19(15,16)11-8-9(12(13)14)4-5-10(11)18-2/h4-5,8H,3,6-7H2,1-2H3,(H,13,14). The average molecular weight is 288 g/mol. The van der Waals surface area contributed by atoms with Gasteiger partial charge in [-0.1, -0.05) is 0 Å². The number of carboxylic acid groups (broad SMARTS) is 1. The van der Waals surface area contributed by atoms with Gasteiger partial charge in [0.1, 0.15) is 10.6 Å². The Bertz CT molecular complexity index is 549. The predicted molar refractivity (Wildman–Crippen MR) is 68.5 cm³/mol. The molecule has 0 aliphatic heterocycles. The normalized spacial score (nSPS) is 11.3. The van der Waals surface area contributed by atoms with Gasteiger partial charge in [-0.25, -0.2) is 13.2 Å². The van der Waals surface area contributed by atoms with E-state index in [4.69, 9.17) is 14.6 Å². The second kappa shape index (κ2) is 6.53. The predicted octanol–water partition coefficient (Wildman–Crippen LogP) is 1.20. The molecule has 1 N–H and O–H groups in total. The van der Waals surface area contributed by atoms with Gasteiger partial charge in [-0.05, 0) is 24.6 Å². The molecule has 106 valence electrons. The summed E-state index contributed by atoms with van der Waals surface area (Å²) in [5.41, 5.74) is -0.0916. The smallest absolute Gasteiger partial charge is 0.335 e. The summed E-state index contributed by atoms with van der Waals surface area (Å²) in [6.07, 6.45) is 0.333. The highest BCUT2D eigenvalue weighted by Gasteiger charge is 2.21. The number of aromatic carboxylic acids is 1. The zero-order valence-corrected chi connectivity index (χ0v) is 11.6. The molecule has 0 heterocycles. The van der Waals surface area contributed by atoms with E-state index >= 15 is 0 Å². The summed E-state index contributed by atoms with van der Waals surface area (Å²) in [7, 11) is -0.778. The summed E-state index contributed by atoms with van der Waals surface area (Å²) in [5, 5.41) is 8.90. The summed E-state index contributed by atoms with van der Waals surface area (Å²) < 4.78 is 34.0. The first kappa shape index (κ1) is 15.5. The Morgan fingerprint density at radius 3 is 2.53 bits per heavy atom. The third kappa shape index (κ3) is 3.93. The second-order valence-electron chi connectivity index (χ2n) is 3.84. The zero-order valence-electron chi connectivity index (χ0n) is 10.8. The van der Waals surface area contributed by atoms with Crippen LogP contribution in [-0.2, 0) is 14.6 Å². The number of benzene rings is 1. The molecule has 0 amide bonds. The molecule has 1 aromatic rings. The van der Waals surface area contributed by atoms with Crippen LogP contribution in [0.25, 0.3) is 0 Å². The fraction of sp³-hybridized carbons (Fsp3) is 0.417. The monoisotopic (exact) mass is 288 g/mol. The van der Waals surface area contributed by atoms with Gasteiger partial charge in [0.2, 0.25) is 0 Å². The Kier molecular flexibility index (Phi) is 5.31. The highest BCUT2D eigenvalue weighted by atomic mass is 32.2. The van der Waals surface area contributed by atoms with Crippen LogP contribution < -0.4 is 4.74 Å². The van der Waals surface area contributed by atoms with E-state index in [0.29, 0.717) is 13.0 Å². The number of carbonyl (C=O) groups is 1. The molecular formula is C12H16O6S. The van der Waals surface area contributed by atoms with Crippen molar-refractivity contribution in [3.05, 3.63) is 23.8 Å². The SMILES string of the molecule is COCCCS(=O)(=O)c1cc(C(=O)O)ccc1OC. The van der Waals surface area contributed by atoms with E-state index < -0.39 is 15.8 Å². The first-order valence-electron chi connectivity index (χ1n) is 5.55. The Hall–Kier alpha value is -1.60. The highest BCUT2D eigenvalue weighted by Crippen LogP contribution is 2.26. The summed E-state index contributed by atoms with van der Waals surface area (Å²) in [4.78, 5) is 10.8. The van der Waals surface area contributed by atoms with E-state index in [2.05, 4.69) is 0 Å². The maximum atomic E-state index is 12.1. The summed E-state index contributed by atoms with van der Waals surface area (Å²) in [6.45, 7) is 0.320. The molecule has 0 spiro atoms. The van der Waals surface area contributed by atoms with Gasteiger partial charge >= 0.3 is 5.97 Å². The van der Waals surface area contributed by atoms with Crippen molar-refractivity contribution in [3.63, 3.8) is 0 Å². The van der Waals surface area contributed by atoms with Crippen LogP contribution in [0, 0.1) is 0 Å². The van der Waals surface area contributed by atoms with Gasteiger partial charge < -0.3 is 14.6 Å². The number of hydrogen-bond donors (Lipinski definition) is 1. The topological polar surface area (TPSA) is 89.9 Å². The number of sulfone groups is 1. The largest absolute Gasteiger partial charge is 0.495 e. The Balaban J connectivity index is 3.15. The molecule has 7 heteroatoms. The molecule has 0 aliphatic carbocycles. The van der Waals surface area contributed by atoms with E-state index in [1.807, 2.05) is 0 Å². The number of rotatable bonds is 7. The Morgan fingerprint density at radius 1 is 1.32 bits per heavy atom. The maximum Gasteiger partial charge on any atom is 0.335 e. The first-order chi connectivity index (χ1) is 8.92. The zero-order chi connectivity index (χ0) is 14.5. The molecule has 0 unspecified atom stereocenters. The number of carboxylic acids is 1. The van der Waals surface area contributed by atoms with Gasteiger partial charge in [0.15, 0.2) is 9.84 Å². The molecule has 0 aromatic heterocycles. The lowest BCUT2D eigenvalue weighted by Crippen LogP contribution is -2.11. The number of hydrogen-bond acceptors (Lipinski definition) is 5. The van der Waals surface area contributed by atoms with Gasteiger partial charge in [0.05, 0.1) is 18.4 Å². The molecule has 6 nitrogen and oxygen atoms in total. The van der Waals surface area contributed by atoms with Gasteiger partial charge in [0, 0.05) is 13.7 Å². The molecule has 1 aromatic carbocycles. The fourth-order valence-corrected chi connectivity index (χ4v) is 3.04. The molecule has 19 heavy (non-hydrogen) atoms. The minimum atomic E-state index is -3.60. The molecule has 0 saturated heterocycles. The molecule has 0 aliphatic rings. The van der Waals surface area contributed by atoms with Crippen LogP contribution in [-0.4, -0.2) is 46.1 Å². The fourth-order valence-electron chi connectivity index (χ4n) is 1.56. The van der Waals surface area contributed by atoms with Crippen LogP contribution in [0.2, 0.25) is 0 Å². The molecule has 0 atom stereocenters. The van der Waals surface area contributed by atoms with Gasteiger partial charge in [-0.2, -0.15) is 0 Å². The van der Waals surface area contributed by atoms with E-state index in [-0.39, 0.29) is 22.0 Å². The number of ether oxygens (including phenoxy) is 2. The third-order valence-electron chi connectivity index (χ3n) is 2.51. The van der Waals surface area contributed by atoms with Gasteiger partial charge in [-0.15, -0.1) is 0 Å². The van der Waals surface area contributed by atoms with Crippen molar-refractivity contribution in [3.8, 4) is 5.75 Å². The lowest BCUT2D eigenvalue weighted by molar-refractivity contribution is 0.0696. The van der Waals surface area contributed by atoms with Crippen molar-refractivity contribution in [1.29, 1.82) is 0 Å². The van der Waals surface area contributed by atoms with Crippen LogP contribution in [0.5, 0.6) is 5.75 Å². The molecular weight excluding hydrogens is 272 g/mol. The van der Waals surface area contributed by atoms with Gasteiger partial charge in [0.25, 0.3) is 0 Å². The molecule has 1 rings (SSSR count). The van der Waals surface area contributed by atoms with Crippen molar-refractivity contribution in [1.82, 2.24) is 0 Å². The summed E-state index contributed by atoms with van der Waals surface area (Å²) in [6, 6.07) is 3.76. The van der Waals surface area contributed by atoms with Crippen LogP contribution in [0.3, 0.4) is 0 Å². The van der Waals surface area contributed by atoms with Crippen LogP contribution in [0.15, 0.2) is 23.1 Å². The lowest BCUT2D eigenvalue weighted by atomic mass is 10.2. The molecule has 0 saturated carbocycles. The first-order valence-corrected chi connectivity index (χ1v) is 7.20. The van der Waals surface area contributed by atoms with Crippen LogP contribution >= 0.6 is 0 Å². The van der Waals surface area contributed by atoms with Crippen LogP contribution in [0.1, 0.15) is 16.8 Å². The third-order valence-corrected chi connectivity index (χ3v) is 4.32. The Morgan fingerprint density at radius 2 is 2.00 bits per heavy atom.